The molecule has 0 spiro atoms. The standard InChI is InChI=1S/C16H15FN6OS/c1-9(14-20-21-22-23(14)10-6-7-10)19-15(24)13-8-18-16(25-13)11-4-2-3-5-12(11)17/h2-5,8-10H,6-7H2,1H3,(H,19,24). The summed E-state index contributed by atoms with van der Waals surface area (Å²) in [6, 6.07) is 6.37. The van der Waals surface area contributed by atoms with Crippen molar-refractivity contribution in [2.45, 2.75) is 31.8 Å². The number of amides is 1. The summed E-state index contributed by atoms with van der Waals surface area (Å²) < 4.78 is 15.6. The molecule has 1 unspecified atom stereocenters. The average molecular weight is 358 g/mol. The molecule has 128 valence electrons. The molecule has 3 aromatic rings. The quantitative estimate of drug-likeness (QED) is 0.758. The number of hydrogen-bond acceptors (Lipinski definition) is 6. The Kier molecular flexibility index (Phi) is 4.00. The predicted octanol–water partition coefficient (Wildman–Crippen LogP) is 2.76. The molecule has 2 heterocycles. The lowest BCUT2D eigenvalue weighted by Gasteiger charge is -2.12. The SMILES string of the molecule is CC(NC(=O)c1cnc(-c2ccccc2F)s1)c1nnnn1C1CC1. The number of aromatic nitrogens is 5. The number of nitrogens with one attached hydrogen (secondary N) is 1. The molecule has 1 fully saturated rings. The third-order valence-corrected chi connectivity index (χ3v) is 5.01. The number of halogens is 1. The minimum absolute atomic E-state index is 0.280. The van der Waals surface area contributed by atoms with Crippen molar-refractivity contribution in [3.05, 3.63) is 47.0 Å². The molecule has 0 radical (unpaired) electrons. The van der Waals surface area contributed by atoms with Crippen LogP contribution in [0.15, 0.2) is 30.5 Å². The highest BCUT2D eigenvalue weighted by atomic mass is 32.1. The third kappa shape index (κ3) is 3.14. The molecule has 0 bridgehead atoms. The Hall–Kier alpha value is -2.68. The van der Waals surface area contributed by atoms with E-state index in [1.807, 2.05) is 6.92 Å². The van der Waals surface area contributed by atoms with Crippen molar-refractivity contribution in [2.75, 3.05) is 0 Å². The van der Waals surface area contributed by atoms with Gasteiger partial charge in [-0.25, -0.2) is 14.1 Å². The molecule has 1 N–H and O–H groups in total. The van der Waals surface area contributed by atoms with E-state index in [1.54, 1.807) is 22.9 Å². The summed E-state index contributed by atoms with van der Waals surface area (Å²) in [5.41, 5.74) is 0.386. The minimum atomic E-state index is -0.360. The number of carbonyl (C=O) groups excluding carboxylic acids is 1. The van der Waals surface area contributed by atoms with E-state index >= 15 is 0 Å². The molecule has 1 aliphatic rings. The number of nitrogens with zero attached hydrogens (tertiary/aromatic N) is 5. The number of hydrogen-bond donors (Lipinski definition) is 1. The van der Waals surface area contributed by atoms with E-state index in [-0.39, 0.29) is 17.8 Å². The van der Waals surface area contributed by atoms with Gasteiger partial charge in [-0.1, -0.05) is 12.1 Å². The lowest BCUT2D eigenvalue weighted by molar-refractivity contribution is 0.0941. The summed E-state index contributed by atoms with van der Waals surface area (Å²) in [5, 5.41) is 15.0. The summed E-state index contributed by atoms with van der Waals surface area (Å²) in [5.74, 6) is -0.00610. The van der Waals surface area contributed by atoms with Crippen LogP contribution < -0.4 is 5.32 Å². The highest BCUT2D eigenvalue weighted by Gasteiger charge is 2.30. The maximum absolute atomic E-state index is 13.8. The van der Waals surface area contributed by atoms with Gasteiger partial charge in [0.05, 0.1) is 18.3 Å². The normalized spacial score (nSPS) is 15.1. The van der Waals surface area contributed by atoms with Gasteiger partial charge in [0.1, 0.15) is 15.7 Å². The Balaban J connectivity index is 1.50. The summed E-state index contributed by atoms with van der Waals surface area (Å²) in [4.78, 5) is 17.0. The summed E-state index contributed by atoms with van der Waals surface area (Å²) >= 11 is 1.15. The largest absolute Gasteiger partial charge is 0.341 e. The number of thiazole rings is 1. The van der Waals surface area contributed by atoms with Crippen LogP contribution in [0.25, 0.3) is 10.6 Å². The first-order chi connectivity index (χ1) is 12.1. The van der Waals surface area contributed by atoms with Crippen LogP contribution in [-0.4, -0.2) is 31.1 Å². The zero-order valence-electron chi connectivity index (χ0n) is 13.4. The van der Waals surface area contributed by atoms with Crippen LogP contribution in [0.1, 0.15) is 47.3 Å². The maximum atomic E-state index is 13.8. The molecule has 7 nitrogen and oxygen atoms in total. The van der Waals surface area contributed by atoms with Crippen molar-refractivity contribution in [1.29, 1.82) is 0 Å². The molecular weight excluding hydrogens is 343 g/mol. The summed E-state index contributed by atoms with van der Waals surface area (Å²) in [6.07, 6.45) is 3.57. The van der Waals surface area contributed by atoms with Crippen LogP contribution in [0.5, 0.6) is 0 Å². The van der Waals surface area contributed by atoms with Gasteiger partial charge < -0.3 is 5.32 Å². The zero-order chi connectivity index (χ0) is 17.4. The zero-order valence-corrected chi connectivity index (χ0v) is 14.2. The van der Waals surface area contributed by atoms with Crippen molar-refractivity contribution in [2.24, 2.45) is 0 Å². The number of tetrazole rings is 1. The van der Waals surface area contributed by atoms with Crippen molar-refractivity contribution < 1.29 is 9.18 Å². The minimum Gasteiger partial charge on any atom is -0.341 e. The monoisotopic (exact) mass is 358 g/mol. The average Bonchev–Trinajstić information content (AvgIpc) is 3.12. The molecule has 0 aliphatic heterocycles. The Bertz CT molecular complexity index is 919. The van der Waals surface area contributed by atoms with Crippen molar-refractivity contribution >= 4 is 17.2 Å². The number of rotatable bonds is 5. The van der Waals surface area contributed by atoms with E-state index in [2.05, 4.69) is 25.8 Å². The first-order valence-electron chi connectivity index (χ1n) is 7.93. The van der Waals surface area contributed by atoms with E-state index in [0.717, 1.165) is 24.2 Å². The molecule has 2 aromatic heterocycles. The lowest BCUT2D eigenvalue weighted by Crippen LogP contribution is -2.28. The summed E-state index contributed by atoms with van der Waals surface area (Å²) in [7, 11) is 0. The van der Waals surface area contributed by atoms with Gasteiger partial charge in [-0.2, -0.15) is 0 Å². The van der Waals surface area contributed by atoms with E-state index in [9.17, 15) is 9.18 Å². The number of carbonyl (C=O) groups is 1. The molecule has 1 atom stereocenters. The highest BCUT2D eigenvalue weighted by molar-refractivity contribution is 7.16. The van der Waals surface area contributed by atoms with Crippen LogP contribution in [-0.2, 0) is 0 Å². The van der Waals surface area contributed by atoms with Crippen LogP contribution in [0.2, 0.25) is 0 Å². The van der Waals surface area contributed by atoms with Gasteiger partial charge in [-0.15, -0.1) is 16.4 Å². The van der Waals surface area contributed by atoms with Crippen LogP contribution >= 0.6 is 11.3 Å². The molecule has 1 aromatic carbocycles. The van der Waals surface area contributed by atoms with E-state index in [1.165, 1.54) is 12.3 Å². The topological polar surface area (TPSA) is 85.6 Å². The Labute approximate surface area is 146 Å². The molecular formula is C16H15FN6OS. The second-order valence-electron chi connectivity index (χ2n) is 5.92. The molecule has 25 heavy (non-hydrogen) atoms. The van der Waals surface area contributed by atoms with Gasteiger partial charge in [0.15, 0.2) is 5.82 Å². The summed E-state index contributed by atoms with van der Waals surface area (Å²) in [6.45, 7) is 1.83. The van der Waals surface area contributed by atoms with Crippen LogP contribution in [0.3, 0.4) is 0 Å². The van der Waals surface area contributed by atoms with E-state index < -0.39 is 0 Å². The highest BCUT2D eigenvalue weighted by Crippen LogP contribution is 2.35. The molecule has 0 saturated heterocycles. The van der Waals surface area contributed by atoms with Gasteiger partial charge >= 0.3 is 0 Å². The fourth-order valence-electron chi connectivity index (χ4n) is 2.54. The molecule has 4 rings (SSSR count). The van der Waals surface area contributed by atoms with Gasteiger partial charge in [0.2, 0.25) is 0 Å². The molecule has 1 amide bonds. The first-order valence-corrected chi connectivity index (χ1v) is 8.74. The van der Waals surface area contributed by atoms with Crippen molar-refractivity contribution in [3.8, 4) is 10.6 Å². The Morgan fingerprint density at radius 2 is 2.20 bits per heavy atom. The maximum Gasteiger partial charge on any atom is 0.263 e. The van der Waals surface area contributed by atoms with E-state index in [0.29, 0.717) is 27.3 Å². The molecule has 9 heteroatoms. The first kappa shape index (κ1) is 15.8. The second-order valence-corrected chi connectivity index (χ2v) is 6.95. The second kappa shape index (κ2) is 6.32. The van der Waals surface area contributed by atoms with Gasteiger partial charge in [-0.05, 0) is 42.3 Å². The Morgan fingerprint density at radius 3 is 2.96 bits per heavy atom. The molecule has 1 saturated carbocycles. The fraction of sp³-hybridized carbons (Fsp3) is 0.312. The smallest absolute Gasteiger partial charge is 0.263 e. The fourth-order valence-corrected chi connectivity index (χ4v) is 3.38. The Morgan fingerprint density at radius 1 is 1.40 bits per heavy atom. The molecule has 1 aliphatic carbocycles. The van der Waals surface area contributed by atoms with Crippen LogP contribution in [0, 0.1) is 5.82 Å². The van der Waals surface area contributed by atoms with E-state index in [4.69, 9.17) is 0 Å². The van der Waals surface area contributed by atoms with Gasteiger partial charge in [0.25, 0.3) is 5.91 Å². The predicted molar refractivity (Wildman–Crippen MR) is 89.5 cm³/mol. The van der Waals surface area contributed by atoms with Gasteiger partial charge in [-0.3, -0.25) is 4.79 Å². The number of benzene rings is 1. The van der Waals surface area contributed by atoms with Crippen molar-refractivity contribution in [1.82, 2.24) is 30.5 Å². The van der Waals surface area contributed by atoms with Crippen LogP contribution in [0.4, 0.5) is 4.39 Å². The lowest BCUT2D eigenvalue weighted by atomic mass is 10.2. The van der Waals surface area contributed by atoms with Gasteiger partial charge in [0, 0.05) is 5.56 Å². The third-order valence-electron chi connectivity index (χ3n) is 3.98. The van der Waals surface area contributed by atoms with Crippen molar-refractivity contribution in [3.63, 3.8) is 0 Å².